The van der Waals surface area contributed by atoms with E-state index in [4.69, 9.17) is 4.74 Å². The van der Waals surface area contributed by atoms with Gasteiger partial charge in [-0.1, -0.05) is 30.3 Å². The minimum atomic E-state index is -4.74. The molecule has 0 bridgehead atoms. The zero-order valence-electron chi connectivity index (χ0n) is 17.8. The number of sulfonamides is 1. The van der Waals surface area contributed by atoms with Crippen LogP contribution in [-0.4, -0.2) is 26.4 Å². The van der Waals surface area contributed by atoms with E-state index in [9.17, 15) is 26.4 Å². The highest BCUT2D eigenvalue weighted by molar-refractivity contribution is 7.92. The van der Waals surface area contributed by atoms with Crippen molar-refractivity contribution >= 4 is 27.3 Å². The number of nitrogens with zero attached hydrogens (tertiary/aromatic N) is 1. The molecule has 0 aliphatic rings. The van der Waals surface area contributed by atoms with Crippen LogP contribution in [0.3, 0.4) is 0 Å². The first-order valence-electron chi connectivity index (χ1n) is 9.54. The normalized spacial score (nSPS) is 11.7. The first-order chi connectivity index (χ1) is 15.4. The summed E-state index contributed by atoms with van der Waals surface area (Å²) in [6.07, 6.45) is -3.65. The summed E-state index contributed by atoms with van der Waals surface area (Å²) in [4.78, 5) is 16.0. The molecule has 1 aromatic heterocycles. The van der Waals surface area contributed by atoms with Gasteiger partial charge in [-0.2, -0.15) is 13.2 Å². The Labute approximate surface area is 188 Å². The van der Waals surface area contributed by atoms with Crippen molar-refractivity contribution in [3.8, 4) is 5.88 Å². The summed E-state index contributed by atoms with van der Waals surface area (Å²) in [7, 11) is -3.00. The number of benzene rings is 2. The number of para-hydroxylation sites is 1. The van der Waals surface area contributed by atoms with Gasteiger partial charge >= 0.3 is 6.18 Å². The van der Waals surface area contributed by atoms with Crippen LogP contribution >= 0.6 is 0 Å². The molecule has 0 atom stereocenters. The van der Waals surface area contributed by atoms with Crippen LogP contribution in [0.15, 0.2) is 59.6 Å². The van der Waals surface area contributed by atoms with Crippen LogP contribution in [0, 0.1) is 13.8 Å². The third-order valence-corrected chi connectivity index (χ3v) is 6.10. The van der Waals surface area contributed by atoms with E-state index in [0.717, 1.165) is 24.4 Å². The first kappa shape index (κ1) is 24.1. The molecule has 0 saturated heterocycles. The molecule has 2 N–H and O–H groups in total. The van der Waals surface area contributed by atoms with Crippen LogP contribution in [0.4, 0.5) is 24.5 Å². The van der Waals surface area contributed by atoms with Crippen molar-refractivity contribution in [2.75, 3.05) is 17.1 Å². The topological polar surface area (TPSA) is 97.4 Å². The number of hydrogen-bond acceptors (Lipinski definition) is 5. The molecule has 33 heavy (non-hydrogen) atoms. The average molecular weight is 479 g/mol. The van der Waals surface area contributed by atoms with E-state index in [1.54, 1.807) is 32.0 Å². The number of halogens is 3. The Kier molecular flexibility index (Phi) is 6.63. The fourth-order valence-electron chi connectivity index (χ4n) is 3.14. The minimum absolute atomic E-state index is 0.125. The lowest BCUT2D eigenvalue weighted by molar-refractivity contribution is -0.137. The van der Waals surface area contributed by atoms with Crippen molar-refractivity contribution in [1.82, 2.24) is 4.98 Å². The van der Waals surface area contributed by atoms with Gasteiger partial charge in [0.05, 0.1) is 35.8 Å². The third-order valence-electron chi connectivity index (χ3n) is 4.75. The van der Waals surface area contributed by atoms with Crippen molar-refractivity contribution in [3.63, 3.8) is 0 Å². The molecule has 2 aromatic carbocycles. The summed E-state index contributed by atoms with van der Waals surface area (Å²) in [5.74, 6) is -1.32. The van der Waals surface area contributed by atoms with Gasteiger partial charge in [-0.3, -0.25) is 9.52 Å². The number of pyridine rings is 1. The molecule has 0 unspecified atom stereocenters. The van der Waals surface area contributed by atoms with Gasteiger partial charge in [0.25, 0.3) is 15.9 Å². The van der Waals surface area contributed by atoms with Crippen LogP contribution in [0.5, 0.6) is 5.88 Å². The Balaban J connectivity index is 1.98. The number of aromatic nitrogens is 1. The number of nitrogens with one attached hydrogen (secondary N) is 2. The number of methoxy groups -OCH3 is 1. The molecular formula is C22H20F3N3O4S. The maximum Gasteiger partial charge on any atom is 0.417 e. The Hall–Kier alpha value is -3.60. The number of aryl methyl sites for hydroxylation is 2. The van der Waals surface area contributed by atoms with Crippen LogP contribution in [0.25, 0.3) is 0 Å². The summed E-state index contributed by atoms with van der Waals surface area (Å²) in [5, 5.41) is 2.27. The van der Waals surface area contributed by atoms with Gasteiger partial charge in [0.2, 0.25) is 5.88 Å². The molecule has 1 amide bonds. The van der Waals surface area contributed by atoms with Crippen LogP contribution in [0.1, 0.15) is 27.0 Å². The Bertz CT molecular complexity index is 1290. The van der Waals surface area contributed by atoms with Crippen LogP contribution in [0.2, 0.25) is 0 Å². The molecule has 1 heterocycles. The average Bonchev–Trinajstić information content (AvgIpc) is 2.76. The first-order valence-corrected chi connectivity index (χ1v) is 11.0. The highest BCUT2D eigenvalue weighted by atomic mass is 32.2. The molecule has 0 radical (unpaired) electrons. The predicted molar refractivity (Wildman–Crippen MR) is 117 cm³/mol. The van der Waals surface area contributed by atoms with E-state index in [1.807, 2.05) is 0 Å². The molecule has 11 heteroatoms. The van der Waals surface area contributed by atoms with E-state index in [1.165, 1.54) is 19.2 Å². The van der Waals surface area contributed by atoms with Crippen molar-refractivity contribution in [1.29, 1.82) is 0 Å². The van der Waals surface area contributed by atoms with Gasteiger partial charge in [0.1, 0.15) is 0 Å². The van der Waals surface area contributed by atoms with Gasteiger partial charge in [0.15, 0.2) is 4.90 Å². The van der Waals surface area contributed by atoms with Gasteiger partial charge < -0.3 is 10.1 Å². The number of carbonyl (C=O) groups excluding carboxylic acids is 1. The summed E-state index contributed by atoms with van der Waals surface area (Å²) in [6.45, 7) is 3.46. The molecule has 3 rings (SSSR count). The smallest absolute Gasteiger partial charge is 0.417 e. The number of amides is 1. The predicted octanol–water partition coefficient (Wildman–Crippen LogP) is 4.78. The Morgan fingerprint density at radius 1 is 1.03 bits per heavy atom. The second-order valence-corrected chi connectivity index (χ2v) is 8.75. The molecule has 0 fully saturated rings. The number of ether oxygens (including phenoxy) is 1. The standard InChI is InChI=1S/C22H20F3N3O4S/c1-13-7-6-8-14(2)19(13)28-33(30,31)18-11-15(12-26-21(18)32-3)27-20(29)16-9-4-5-10-17(16)22(23,24)25/h4-12,28H,1-3H3,(H,27,29). The Morgan fingerprint density at radius 3 is 2.27 bits per heavy atom. The molecule has 0 spiro atoms. The number of hydrogen-bond donors (Lipinski definition) is 2. The van der Waals surface area contributed by atoms with Gasteiger partial charge in [0, 0.05) is 0 Å². The molecule has 0 aliphatic carbocycles. The number of anilines is 2. The van der Waals surface area contributed by atoms with E-state index in [-0.39, 0.29) is 11.6 Å². The SMILES string of the molecule is COc1ncc(NC(=O)c2ccccc2C(F)(F)F)cc1S(=O)(=O)Nc1c(C)cccc1C. The number of carbonyl (C=O) groups is 1. The minimum Gasteiger partial charge on any atom is -0.480 e. The zero-order valence-corrected chi connectivity index (χ0v) is 18.6. The largest absolute Gasteiger partial charge is 0.480 e. The fourth-order valence-corrected chi connectivity index (χ4v) is 4.49. The maximum atomic E-state index is 13.2. The monoisotopic (exact) mass is 479 g/mol. The quantitative estimate of drug-likeness (QED) is 0.530. The van der Waals surface area contributed by atoms with Crippen LogP contribution < -0.4 is 14.8 Å². The molecule has 7 nitrogen and oxygen atoms in total. The fraction of sp³-hybridized carbons (Fsp3) is 0.182. The summed E-state index contributed by atoms with van der Waals surface area (Å²) >= 11 is 0. The highest BCUT2D eigenvalue weighted by Gasteiger charge is 2.35. The second kappa shape index (κ2) is 9.10. The molecular weight excluding hydrogens is 459 g/mol. The van der Waals surface area contributed by atoms with E-state index >= 15 is 0 Å². The Morgan fingerprint density at radius 2 is 1.67 bits per heavy atom. The van der Waals surface area contributed by atoms with E-state index in [2.05, 4.69) is 15.0 Å². The molecule has 0 aliphatic heterocycles. The number of rotatable bonds is 6. The molecule has 0 saturated carbocycles. The maximum absolute atomic E-state index is 13.2. The van der Waals surface area contributed by atoms with E-state index in [0.29, 0.717) is 16.8 Å². The second-order valence-electron chi connectivity index (χ2n) is 7.10. The lowest BCUT2D eigenvalue weighted by Gasteiger charge is -2.16. The van der Waals surface area contributed by atoms with Crippen molar-refractivity contribution in [2.24, 2.45) is 0 Å². The van der Waals surface area contributed by atoms with Crippen molar-refractivity contribution < 1.29 is 31.1 Å². The summed E-state index contributed by atoms with van der Waals surface area (Å²) < 4.78 is 73.4. The van der Waals surface area contributed by atoms with Gasteiger partial charge in [-0.05, 0) is 43.2 Å². The highest BCUT2D eigenvalue weighted by Crippen LogP contribution is 2.33. The van der Waals surface area contributed by atoms with Crippen molar-refractivity contribution in [3.05, 3.63) is 77.0 Å². The van der Waals surface area contributed by atoms with Gasteiger partial charge in [-0.15, -0.1) is 0 Å². The zero-order chi connectivity index (χ0) is 24.4. The number of alkyl halides is 3. The lowest BCUT2D eigenvalue weighted by atomic mass is 10.1. The van der Waals surface area contributed by atoms with Gasteiger partial charge in [-0.25, -0.2) is 13.4 Å². The lowest BCUT2D eigenvalue weighted by Crippen LogP contribution is -2.20. The molecule has 3 aromatic rings. The summed E-state index contributed by atoms with van der Waals surface area (Å²) in [6, 6.07) is 10.6. The van der Waals surface area contributed by atoms with Crippen LogP contribution in [-0.2, 0) is 16.2 Å². The van der Waals surface area contributed by atoms with E-state index < -0.39 is 38.1 Å². The third kappa shape index (κ3) is 5.25. The summed E-state index contributed by atoms with van der Waals surface area (Å²) in [5.41, 5.74) is -0.127. The van der Waals surface area contributed by atoms with Crippen molar-refractivity contribution in [2.45, 2.75) is 24.9 Å². The molecule has 174 valence electrons.